The van der Waals surface area contributed by atoms with Crippen molar-refractivity contribution in [2.75, 3.05) is 20.8 Å². The summed E-state index contributed by atoms with van der Waals surface area (Å²) < 4.78 is 15.3. The molecular formula is C9H18O3. The van der Waals surface area contributed by atoms with Gasteiger partial charge in [-0.3, -0.25) is 0 Å². The van der Waals surface area contributed by atoms with Crippen molar-refractivity contribution in [2.24, 2.45) is 0 Å². The molecule has 0 amide bonds. The van der Waals surface area contributed by atoms with Gasteiger partial charge in [-0.1, -0.05) is 6.08 Å². The van der Waals surface area contributed by atoms with Crippen LogP contribution in [-0.2, 0) is 14.2 Å². The number of hydrogen-bond acceptors (Lipinski definition) is 3. The van der Waals surface area contributed by atoms with Crippen LogP contribution in [0.2, 0.25) is 0 Å². The second kappa shape index (κ2) is 7.28. The topological polar surface area (TPSA) is 27.7 Å². The molecule has 0 aliphatic heterocycles. The molecule has 0 aliphatic carbocycles. The zero-order valence-corrected chi connectivity index (χ0v) is 8.08. The fraction of sp³-hybridized carbons (Fsp3) is 0.778. The van der Waals surface area contributed by atoms with Crippen LogP contribution in [0.15, 0.2) is 12.7 Å². The number of rotatable bonds is 7. The zero-order chi connectivity index (χ0) is 9.40. The molecule has 0 N–H and O–H groups in total. The maximum absolute atomic E-state index is 5.35. The monoisotopic (exact) mass is 174 g/mol. The van der Waals surface area contributed by atoms with Crippen molar-refractivity contribution in [3.8, 4) is 0 Å². The first-order valence-corrected chi connectivity index (χ1v) is 4.04. The van der Waals surface area contributed by atoms with Crippen molar-refractivity contribution in [2.45, 2.75) is 25.7 Å². The van der Waals surface area contributed by atoms with Gasteiger partial charge in [0.15, 0.2) is 6.29 Å². The van der Waals surface area contributed by atoms with Crippen LogP contribution in [0, 0.1) is 0 Å². The van der Waals surface area contributed by atoms with E-state index in [1.165, 1.54) is 0 Å². The molecule has 0 aromatic carbocycles. The van der Waals surface area contributed by atoms with Gasteiger partial charge >= 0.3 is 0 Å². The highest BCUT2D eigenvalue weighted by molar-refractivity contribution is 4.74. The van der Waals surface area contributed by atoms with Gasteiger partial charge in [-0.2, -0.15) is 0 Å². The van der Waals surface area contributed by atoms with E-state index in [1.807, 2.05) is 6.92 Å². The van der Waals surface area contributed by atoms with Gasteiger partial charge < -0.3 is 14.2 Å². The van der Waals surface area contributed by atoms with E-state index in [1.54, 1.807) is 20.3 Å². The lowest BCUT2D eigenvalue weighted by molar-refractivity contribution is -0.117. The lowest BCUT2D eigenvalue weighted by Crippen LogP contribution is -2.17. The zero-order valence-electron chi connectivity index (χ0n) is 8.08. The third-order valence-electron chi connectivity index (χ3n) is 1.59. The van der Waals surface area contributed by atoms with Crippen molar-refractivity contribution in [1.29, 1.82) is 0 Å². The summed E-state index contributed by atoms with van der Waals surface area (Å²) in [5.74, 6) is 0. The molecule has 12 heavy (non-hydrogen) atoms. The molecule has 0 aromatic heterocycles. The molecule has 0 aromatic rings. The van der Waals surface area contributed by atoms with Crippen molar-refractivity contribution in [3.05, 3.63) is 12.7 Å². The maximum Gasteiger partial charge on any atom is 0.159 e. The molecule has 0 bridgehead atoms. The largest absolute Gasteiger partial charge is 0.374 e. The molecular weight excluding hydrogens is 156 g/mol. The summed E-state index contributed by atoms with van der Waals surface area (Å²) >= 11 is 0. The van der Waals surface area contributed by atoms with Crippen LogP contribution < -0.4 is 0 Å². The number of ether oxygens (including phenoxy) is 3. The molecule has 3 nitrogen and oxygen atoms in total. The highest BCUT2D eigenvalue weighted by Gasteiger charge is 2.04. The highest BCUT2D eigenvalue weighted by atomic mass is 16.7. The minimum absolute atomic E-state index is 0.0966. The first-order valence-electron chi connectivity index (χ1n) is 4.04. The first kappa shape index (κ1) is 11.6. The summed E-state index contributed by atoms with van der Waals surface area (Å²) in [5.41, 5.74) is 0. The molecule has 0 spiro atoms. The minimum Gasteiger partial charge on any atom is -0.374 e. The predicted molar refractivity (Wildman–Crippen MR) is 48.0 cm³/mol. The number of methoxy groups -OCH3 is 2. The van der Waals surface area contributed by atoms with E-state index in [4.69, 9.17) is 14.2 Å². The van der Waals surface area contributed by atoms with Crippen molar-refractivity contribution in [3.63, 3.8) is 0 Å². The van der Waals surface area contributed by atoms with Crippen molar-refractivity contribution in [1.82, 2.24) is 0 Å². The van der Waals surface area contributed by atoms with E-state index in [9.17, 15) is 0 Å². The van der Waals surface area contributed by atoms with Crippen LogP contribution >= 0.6 is 0 Å². The van der Waals surface area contributed by atoms with Crippen LogP contribution in [0.5, 0.6) is 0 Å². The Morgan fingerprint density at radius 1 is 1.33 bits per heavy atom. The van der Waals surface area contributed by atoms with Gasteiger partial charge in [0.25, 0.3) is 0 Å². The highest BCUT2D eigenvalue weighted by Crippen LogP contribution is 2.00. The average Bonchev–Trinajstić information content (AvgIpc) is 2.12. The molecule has 0 rings (SSSR count). The van der Waals surface area contributed by atoms with Crippen LogP contribution in [0.3, 0.4) is 0 Å². The fourth-order valence-electron chi connectivity index (χ4n) is 0.750. The molecule has 0 radical (unpaired) electrons. The predicted octanol–water partition coefficient (Wildman–Crippen LogP) is 1.59. The standard InChI is InChI=1S/C9H18O3/c1-5-8(2)12-7-6-9(10-3)11-4/h5,8-9H,1,6-7H2,2-4H3. The van der Waals surface area contributed by atoms with Gasteiger partial charge in [0.05, 0.1) is 12.7 Å². The van der Waals surface area contributed by atoms with Gasteiger partial charge in [0.1, 0.15) is 0 Å². The molecule has 0 saturated heterocycles. The van der Waals surface area contributed by atoms with E-state index in [0.29, 0.717) is 6.61 Å². The van der Waals surface area contributed by atoms with E-state index < -0.39 is 0 Å². The van der Waals surface area contributed by atoms with E-state index in [2.05, 4.69) is 6.58 Å². The van der Waals surface area contributed by atoms with E-state index >= 15 is 0 Å². The Kier molecular flexibility index (Phi) is 7.05. The maximum atomic E-state index is 5.35. The molecule has 0 saturated carbocycles. The Bertz CT molecular complexity index is 110. The molecule has 72 valence electrons. The Hall–Kier alpha value is -0.380. The van der Waals surface area contributed by atoms with Gasteiger partial charge in [0, 0.05) is 20.6 Å². The summed E-state index contributed by atoms with van der Waals surface area (Å²) in [6, 6.07) is 0. The summed E-state index contributed by atoms with van der Waals surface area (Å²) in [4.78, 5) is 0. The van der Waals surface area contributed by atoms with Crippen molar-refractivity contribution >= 4 is 0 Å². The molecule has 0 aliphatic rings. The smallest absolute Gasteiger partial charge is 0.159 e. The second-order valence-electron chi connectivity index (χ2n) is 2.50. The fourth-order valence-corrected chi connectivity index (χ4v) is 0.750. The van der Waals surface area contributed by atoms with Crippen LogP contribution in [0.1, 0.15) is 13.3 Å². The van der Waals surface area contributed by atoms with Gasteiger partial charge in [-0.25, -0.2) is 0 Å². The summed E-state index contributed by atoms with van der Waals surface area (Å²) in [7, 11) is 3.23. The van der Waals surface area contributed by atoms with Gasteiger partial charge in [0.2, 0.25) is 0 Å². The Balaban J connectivity index is 3.34. The Morgan fingerprint density at radius 2 is 1.92 bits per heavy atom. The van der Waals surface area contributed by atoms with Crippen LogP contribution in [-0.4, -0.2) is 33.2 Å². The third-order valence-corrected chi connectivity index (χ3v) is 1.59. The summed E-state index contributed by atoms with van der Waals surface area (Å²) in [5, 5.41) is 0. The Morgan fingerprint density at radius 3 is 2.33 bits per heavy atom. The van der Waals surface area contributed by atoms with Crippen molar-refractivity contribution < 1.29 is 14.2 Å². The quantitative estimate of drug-likeness (QED) is 0.433. The lowest BCUT2D eigenvalue weighted by atomic mass is 10.4. The van der Waals surface area contributed by atoms with Crippen LogP contribution in [0.4, 0.5) is 0 Å². The molecule has 1 unspecified atom stereocenters. The van der Waals surface area contributed by atoms with Gasteiger partial charge in [-0.15, -0.1) is 6.58 Å². The lowest BCUT2D eigenvalue weighted by Gasteiger charge is -2.14. The van der Waals surface area contributed by atoms with Crippen LogP contribution in [0.25, 0.3) is 0 Å². The summed E-state index contributed by atoms with van der Waals surface area (Å²) in [6.07, 6.45) is 2.43. The van der Waals surface area contributed by atoms with E-state index in [0.717, 1.165) is 6.42 Å². The third kappa shape index (κ3) is 5.29. The Labute approximate surface area is 74.3 Å². The number of hydrogen-bond donors (Lipinski definition) is 0. The van der Waals surface area contributed by atoms with E-state index in [-0.39, 0.29) is 12.4 Å². The first-order chi connectivity index (χ1) is 5.74. The SMILES string of the molecule is C=CC(C)OCCC(OC)OC. The molecule has 1 atom stereocenters. The minimum atomic E-state index is -0.165. The molecule has 0 heterocycles. The summed E-state index contributed by atoms with van der Waals surface area (Å²) in [6.45, 7) is 6.18. The molecule has 3 heteroatoms. The average molecular weight is 174 g/mol. The normalized spacial score (nSPS) is 13.3. The van der Waals surface area contributed by atoms with Gasteiger partial charge in [-0.05, 0) is 6.92 Å². The molecule has 0 fully saturated rings. The second-order valence-corrected chi connectivity index (χ2v) is 2.50.